The van der Waals surface area contributed by atoms with Gasteiger partial charge >= 0.3 is 5.97 Å². The van der Waals surface area contributed by atoms with E-state index in [4.69, 9.17) is 10.5 Å². The molecule has 1 unspecified atom stereocenters. The lowest BCUT2D eigenvalue weighted by Gasteiger charge is -2.30. The lowest BCUT2D eigenvalue weighted by atomic mass is 9.87. The third-order valence-corrected chi connectivity index (χ3v) is 3.01. The van der Waals surface area contributed by atoms with E-state index in [2.05, 4.69) is 41.8 Å². The lowest BCUT2D eigenvalue weighted by molar-refractivity contribution is 0.0577. The van der Waals surface area contributed by atoms with E-state index >= 15 is 0 Å². The number of hydrogen-bond donors (Lipinski definition) is 1. The summed E-state index contributed by atoms with van der Waals surface area (Å²) in [5, 5.41) is 4.27. The van der Waals surface area contributed by atoms with E-state index in [1.165, 1.54) is 7.11 Å². The number of halogens is 2. The third kappa shape index (κ3) is 3.70. The van der Waals surface area contributed by atoms with Crippen LogP contribution in [0.2, 0.25) is 0 Å². The lowest BCUT2D eigenvalue weighted by Crippen LogP contribution is -2.33. The highest BCUT2D eigenvalue weighted by molar-refractivity contribution is 9.10. The van der Waals surface area contributed by atoms with Crippen LogP contribution in [-0.4, -0.2) is 29.4 Å². The van der Waals surface area contributed by atoms with Crippen molar-refractivity contribution >= 4 is 34.3 Å². The molecule has 1 rings (SSSR count). The fourth-order valence-corrected chi connectivity index (χ4v) is 2.07. The number of nitrogens with two attached hydrogens (primary N) is 1. The Morgan fingerprint density at radius 3 is 2.56 bits per heavy atom. The first-order valence-corrected chi connectivity index (χ1v) is 6.14. The van der Waals surface area contributed by atoms with Gasteiger partial charge in [0.05, 0.1) is 13.2 Å². The minimum atomic E-state index is -0.411. The van der Waals surface area contributed by atoms with Gasteiger partial charge in [0.15, 0.2) is 0 Å². The second kappa shape index (κ2) is 6.54. The molecular formula is C11H19BrClN3O2. The van der Waals surface area contributed by atoms with Crippen molar-refractivity contribution in [3.05, 3.63) is 16.4 Å². The van der Waals surface area contributed by atoms with Crippen LogP contribution in [0.25, 0.3) is 0 Å². The summed E-state index contributed by atoms with van der Waals surface area (Å²) in [4.78, 5) is 11.7. The summed E-state index contributed by atoms with van der Waals surface area (Å²) in [7, 11) is 1.35. The normalized spacial score (nSPS) is 12.8. The zero-order chi connectivity index (χ0) is 13.2. The summed E-state index contributed by atoms with van der Waals surface area (Å²) in [6.07, 6.45) is 0. The second-order valence-corrected chi connectivity index (χ2v) is 5.72. The summed E-state index contributed by atoms with van der Waals surface area (Å²) in [6.45, 7) is 6.57. The molecule has 1 atom stereocenters. The molecule has 0 aliphatic rings. The summed E-state index contributed by atoms with van der Waals surface area (Å²) in [5.41, 5.74) is 6.10. The van der Waals surface area contributed by atoms with E-state index in [9.17, 15) is 4.79 Å². The molecule has 0 spiro atoms. The van der Waals surface area contributed by atoms with Crippen molar-refractivity contribution < 1.29 is 9.53 Å². The molecule has 0 radical (unpaired) electrons. The summed E-state index contributed by atoms with van der Waals surface area (Å²) < 4.78 is 6.97. The van der Waals surface area contributed by atoms with Gasteiger partial charge in [-0.1, -0.05) is 20.8 Å². The molecular weight excluding hydrogens is 321 g/mol. The predicted octanol–water partition coefficient (Wildman–Crippen LogP) is 2.40. The first kappa shape index (κ1) is 17.4. The molecule has 7 heteroatoms. The van der Waals surface area contributed by atoms with Crippen LogP contribution < -0.4 is 5.73 Å². The number of aromatic nitrogens is 2. The van der Waals surface area contributed by atoms with Gasteiger partial charge in [-0.15, -0.1) is 12.4 Å². The van der Waals surface area contributed by atoms with Gasteiger partial charge < -0.3 is 10.5 Å². The average Bonchev–Trinajstić information content (AvgIpc) is 2.58. The van der Waals surface area contributed by atoms with Gasteiger partial charge in [0.2, 0.25) is 0 Å². The number of ether oxygens (including phenoxy) is 1. The van der Waals surface area contributed by atoms with Crippen LogP contribution in [-0.2, 0) is 4.74 Å². The van der Waals surface area contributed by atoms with Crippen LogP contribution in [0, 0.1) is 5.41 Å². The molecule has 0 aromatic carbocycles. The Labute approximate surface area is 122 Å². The molecule has 0 saturated carbocycles. The Balaban J connectivity index is 0.00000289. The second-order valence-electron chi connectivity index (χ2n) is 4.91. The number of hydrogen-bond acceptors (Lipinski definition) is 4. The zero-order valence-corrected chi connectivity index (χ0v) is 13.3. The van der Waals surface area contributed by atoms with Gasteiger partial charge in [0.1, 0.15) is 10.3 Å². The summed E-state index contributed by atoms with van der Waals surface area (Å²) in [6, 6.07) is 1.57. The van der Waals surface area contributed by atoms with Crippen molar-refractivity contribution in [2.24, 2.45) is 11.1 Å². The molecule has 0 bridgehead atoms. The maximum absolute atomic E-state index is 11.7. The molecule has 2 N–H and O–H groups in total. The van der Waals surface area contributed by atoms with Gasteiger partial charge in [0, 0.05) is 12.6 Å². The Kier molecular flexibility index (Phi) is 6.33. The van der Waals surface area contributed by atoms with Gasteiger partial charge in [0.25, 0.3) is 0 Å². The Hall–Kier alpha value is -0.590. The fraction of sp³-hybridized carbons (Fsp3) is 0.636. The first-order chi connectivity index (χ1) is 7.81. The van der Waals surface area contributed by atoms with E-state index in [0.29, 0.717) is 16.8 Å². The number of nitrogens with zero attached hydrogens (tertiary/aromatic N) is 2. The minimum absolute atomic E-state index is 0. The SMILES string of the molecule is COC(=O)c1cc(Br)nn1C(CN)C(C)(C)C.Cl. The quantitative estimate of drug-likeness (QED) is 0.858. The van der Waals surface area contributed by atoms with Crippen LogP contribution in [0.4, 0.5) is 0 Å². The third-order valence-electron chi connectivity index (χ3n) is 2.62. The minimum Gasteiger partial charge on any atom is -0.464 e. The highest BCUT2D eigenvalue weighted by Crippen LogP contribution is 2.31. The fourth-order valence-electron chi connectivity index (χ4n) is 1.68. The molecule has 5 nitrogen and oxygen atoms in total. The Morgan fingerprint density at radius 2 is 2.17 bits per heavy atom. The number of carbonyl (C=O) groups excluding carboxylic acids is 1. The highest BCUT2D eigenvalue weighted by Gasteiger charge is 2.29. The van der Waals surface area contributed by atoms with E-state index in [0.717, 1.165) is 0 Å². The van der Waals surface area contributed by atoms with Crippen molar-refractivity contribution in [2.75, 3.05) is 13.7 Å². The molecule has 0 fully saturated rings. The molecule has 0 saturated heterocycles. The molecule has 18 heavy (non-hydrogen) atoms. The maximum Gasteiger partial charge on any atom is 0.356 e. The van der Waals surface area contributed by atoms with Crippen LogP contribution >= 0.6 is 28.3 Å². The smallest absolute Gasteiger partial charge is 0.356 e. The molecule has 1 aromatic rings. The van der Waals surface area contributed by atoms with E-state index in [1.807, 2.05) is 0 Å². The topological polar surface area (TPSA) is 70.1 Å². The van der Waals surface area contributed by atoms with Crippen molar-refractivity contribution in [1.82, 2.24) is 9.78 Å². The van der Waals surface area contributed by atoms with Crippen molar-refractivity contribution in [3.8, 4) is 0 Å². The monoisotopic (exact) mass is 339 g/mol. The molecule has 1 heterocycles. The van der Waals surface area contributed by atoms with Gasteiger partial charge in [-0.05, 0) is 21.3 Å². The van der Waals surface area contributed by atoms with Gasteiger partial charge in [-0.25, -0.2) is 4.79 Å². The molecule has 0 aliphatic heterocycles. The summed E-state index contributed by atoms with van der Waals surface area (Å²) >= 11 is 3.26. The van der Waals surface area contributed by atoms with Crippen LogP contribution in [0.15, 0.2) is 10.7 Å². The number of esters is 1. The van der Waals surface area contributed by atoms with E-state index in [1.54, 1.807) is 10.7 Å². The van der Waals surface area contributed by atoms with Crippen molar-refractivity contribution in [2.45, 2.75) is 26.8 Å². The van der Waals surface area contributed by atoms with Crippen LogP contribution in [0.3, 0.4) is 0 Å². The van der Waals surface area contributed by atoms with Crippen LogP contribution in [0.1, 0.15) is 37.3 Å². The van der Waals surface area contributed by atoms with E-state index in [-0.39, 0.29) is 23.9 Å². The van der Waals surface area contributed by atoms with Crippen LogP contribution in [0.5, 0.6) is 0 Å². The molecule has 0 amide bonds. The molecule has 104 valence electrons. The molecule has 0 aliphatic carbocycles. The van der Waals surface area contributed by atoms with Gasteiger partial charge in [-0.2, -0.15) is 5.10 Å². The molecule has 1 aromatic heterocycles. The van der Waals surface area contributed by atoms with Gasteiger partial charge in [-0.3, -0.25) is 4.68 Å². The maximum atomic E-state index is 11.7. The summed E-state index contributed by atoms with van der Waals surface area (Å²) in [5.74, 6) is -0.411. The van der Waals surface area contributed by atoms with Crippen molar-refractivity contribution in [1.29, 1.82) is 0 Å². The number of rotatable bonds is 3. The van der Waals surface area contributed by atoms with Crippen molar-refractivity contribution in [3.63, 3.8) is 0 Å². The highest BCUT2D eigenvalue weighted by atomic mass is 79.9. The van der Waals surface area contributed by atoms with E-state index < -0.39 is 5.97 Å². The first-order valence-electron chi connectivity index (χ1n) is 5.34. The number of methoxy groups -OCH3 is 1. The Bertz CT molecular complexity index is 415. The number of carbonyl (C=O) groups is 1. The predicted molar refractivity (Wildman–Crippen MR) is 76.1 cm³/mol. The largest absolute Gasteiger partial charge is 0.464 e. The Morgan fingerprint density at radius 1 is 1.61 bits per heavy atom. The zero-order valence-electron chi connectivity index (χ0n) is 10.9. The average molecular weight is 341 g/mol. The standard InChI is InChI=1S/C11H18BrN3O2.ClH/c1-11(2,3)8(6-13)15-7(10(16)17-4)5-9(12)14-15;/h5,8H,6,13H2,1-4H3;1H.